The van der Waals surface area contributed by atoms with Crippen molar-refractivity contribution in [1.82, 2.24) is 19.5 Å². The Balaban J connectivity index is 1.53. The molecule has 4 heterocycles. The molecule has 6 aromatic rings. The van der Waals surface area contributed by atoms with Crippen LogP contribution in [0.3, 0.4) is 0 Å². The van der Waals surface area contributed by atoms with Crippen molar-refractivity contribution < 1.29 is 22.7 Å². The molecule has 0 aliphatic heterocycles. The molecule has 40 heavy (non-hydrogen) atoms. The summed E-state index contributed by atoms with van der Waals surface area (Å²) in [4.78, 5) is 26.6. The first-order chi connectivity index (χ1) is 19.2. The van der Waals surface area contributed by atoms with Crippen molar-refractivity contribution in [3.05, 3.63) is 107 Å². The molecule has 1 N–H and O–H groups in total. The Hall–Kier alpha value is -4.83. The Bertz CT molecular complexity index is 1930. The van der Waals surface area contributed by atoms with Crippen molar-refractivity contribution >= 4 is 21.7 Å². The highest BCUT2D eigenvalue weighted by molar-refractivity contribution is 5.88. The van der Waals surface area contributed by atoms with Crippen molar-refractivity contribution in [2.24, 2.45) is 0 Å². The maximum Gasteiger partial charge on any atom is 0.416 e. The third kappa shape index (κ3) is 4.62. The summed E-state index contributed by atoms with van der Waals surface area (Å²) in [6.45, 7) is 1.69. The topological polar surface area (TPSA) is 94.0 Å². The zero-order valence-corrected chi connectivity index (χ0v) is 21.1. The van der Waals surface area contributed by atoms with Crippen LogP contribution < -0.4 is 5.56 Å². The number of hydrogen-bond donors (Lipinski definition) is 1. The first kappa shape index (κ1) is 25.4. The highest BCUT2D eigenvalue weighted by atomic mass is 19.4. The first-order valence-electron chi connectivity index (χ1n) is 12.4. The van der Waals surface area contributed by atoms with Gasteiger partial charge in [0.25, 0.3) is 5.56 Å². The van der Waals surface area contributed by atoms with Crippen LogP contribution in [-0.4, -0.2) is 30.7 Å². The number of fused-ring (bicyclic) bond motifs is 2. The lowest BCUT2D eigenvalue weighted by atomic mass is 10.0. The molecule has 0 radical (unpaired) electrons. The second-order valence-electron chi connectivity index (χ2n) is 9.43. The lowest BCUT2D eigenvalue weighted by Crippen LogP contribution is -2.19. The molecule has 0 bridgehead atoms. The fourth-order valence-corrected chi connectivity index (χ4v) is 4.65. The molecule has 0 saturated heterocycles. The van der Waals surface area contributed by atoms with Gasteiger partial charge in [-0.05, 0) is 54.8 Å². The maximum absolute atomic E-state index is 13.4. The second kappa shape index (κ2) is 9.73. The number of oxazole rings is 1. The number of benzene rings is 2. The van der Waals surface area contributed by atoms with E-state index in [1.54, 1.807) is 37.4 Å². The molecule has 200 valence electrons. The number of alkyl halides is 3. The molecule has 0 aliphatic rings. The van der Waals surface area contributed by atoms with Gasteiger partial charge in [-0.2, -0.15) is 18.2 Å². The molecule has 2 aromatic carbocycles. The SMILES string of the molecule is CC(O)Cc1nccc2cc(-c3nc(-n4ccc5cccnc5c4=O)c(-c4ccc(C(F)(F)F)cc4)o3)ccc12. The monoisotopic (exact) mass is 542 g/mol. The molecule has 1 atom stereocenters. The quantitative estimate of drug-likeness (QED) is 0.279. The molecule has 6 rings (SSSR count). The van der Waals surface area contributed by atoms with E-state index in [1.807, 2.05) is 18.2 Å². The van der Waals surface area contributed by atoms with E-state index in [1.165, 1.54) is 29.1 Å². The summed E-state index contributed by atoms with van der Waals surface area (Å²) in [6, 6.07) is 17.0. The van der Waals surface area contributed by atoms with E-state index in [9.17, 15) is 23.1 Å². The largest absolute Gasteiger partial charge is 0.434 e. The van der Waals surface area contributed by atoms with Gasteiger partial charge in [0.1, 0.15) is 5.52 Å². The molecule has 7 nitrogen and oxygen atoms in total. The summed E-state index contributed by atoms with van der Waals surface area (Å²) >= 11 is 0. The summed E-state index contributed by atoms with van der Waals surface area (Å²) in [7, 11) is 0. The molecule has 0 saturated carbocycles. The van der Waals surface area contributed by atoms with E-state index in [-0.39, 0.29) is 23.0 Å². The molecule has 0 amide bonds. The van der Waals surface area contributed by atoms with Crippen LogP contribution >= 0.6 is 0 Å². The van der Waals surface area contributed by atoms with Gasteiger partial charge in [0.2, 0.25) is 5.89 Å². The number of pyridine rings is 3. The molecule has 0 fully saturated rings. The van der Waals surface area contributed by atoms with Crippen molar-refractivity contribution in [3.8, 4) is 28.6 Å². The predicted octanol–water partition coefficient (Wildman–Crippen LogP) is 6.20. The van der Waals surface area contributed by atoms with Gasteiger partial charge in [-0.3, -0.25) is 19.3 Å². The van der Waals surface area contributed by atoms with Gasteiger partial charge in [0, 0.05) is 46.9 Å². The van der Waals surface area contributed by atoms with Crippen LogP contribution in [0.25, 0.3) is 50.3 Å². The zero-order chi connectivity index (χ0) is 28.0. The van der Waals surface area contributed by atoms with Crippen molar-refractivity contribution in [2.75, 3.05) is 0 Å². The smallest absolute Gasteiger partial charge is 0.416 e. The Kier molecular flexibility index (Phi) is 6.19. The lowest BCUT2D eigenvalue weighted by Gasteiger charge is -2.08. The van der Waals surface area contributed by atoms with Crippen LogP contribution in [0.4, 0.5) is 13.2 Å². The first-order valence-corrected chi connectivity index (χ1v) is 12.4. The van der Waals surface area contributed by atoms with E-state index < -0.39 is 23.4 Å². The Morgan fingerprint density at radius 3 is 2.48 bits per heavy atom. The van der Waals surface area contributed by atoms with Gasteiger partial charge in [0.15, 0.2) is 11.6 Å². The van der Waals surface area contributed by atoms with Crippen LogP contribution in [0.1, 0.15) is 18.2 Å². The molecule has 4 aromatic heterocycles. The van der Waals surface area contributed by atoms with Crippen LogP contribution in [0.15, 0.2) is 94.5 Å². The summed E-state index contributed by atoms with van der Waals surface area (Å²) in [6.07, 6.45) is 0.0246. The number of aliphatic hydroxyl groups excluding tert-OH is 1. The van der Waals surface area contributed by atoms with E-state index >= 15 is 0 Å². The van der Waals surface area contributed by atoms with Gasteiger partial charge in [0.05, 0.1) is 17.4 Å². The van der Waals surface area contributed by atoms with Crippen LogP contribution in [-0.2, 0) is 12.6 Å². The van der Waals surface area contributed by atoms with Crippen molar-refractivity contribution in [3.63, 3.8) is 0 Å². The zero-order valence-electron chi connectivity index (χ0n) is 21.1. The van der Waals surface area contributed by atoms with E-state index in [4.69, 9.17) is 4.42 Å². The van der Waals surface area contributed by atoms with E-state index in [0.717, 1.165) is 28.6 Å². The normalized spacial score (nSPS) is 12.7. The third-order valence-electron chi connectivity index (χ3n) is 6.56. The predicted molar refractivity (Wildman–Crippen MR) is 144 cm³/mol. The van der Waals surface area contributed by atoms with Gasteiger partial charge >= 0.3 is 6.18 Å². The number of nitrogens with zero attached hydrogens (tertiary/aromatic N) is 4. The highest BCUT2D eigenvalue weighted by Gasteiger charge is 2.30. The lowest BCUT2D eigenvalue weighted by molar-refractivity contribution is -0.137. The van der Waals surface area contributed by atoms with E-state index in [0.29, 0.717) is 22.9 Å². The fraction of sp³-hybridized carbons (Fsp3) is 0.133. The van der Waals surface area contributed by atoms with Gasteiger partial charge in [-0.1, -0.05) is 24.3 Å². The fourth-order valence-electron chi connectivity index (χ4n) is 4.65. The Labute approximate surface area is 225 Å². The van der Waals surface area contributed by atoms with Gasteiger partial charge < -0.3 is 9.52 Å². The number of rotatable bonds is 5. The average Bonchev–Trinajstić information content (AvgIpc) is 3.38. The molecule has 0 spiro atoms. The number of aliphatic hydroxyl groups is 1. The minimum absolute atomic E-state index is 0.122. The highest BCUT2D eigenvalue weighted by Crippen LogP contribution is 2.36. The maximum atomic E-state index is 13.4. The number of halogens is 3. The molecular formula is C30H21F3N4O3. The van der Waals surface area contributed by atoms with Crippen LogP contribution in [0, 0.1) is 0 Å². The van der Waals surface area contributed by atoms with Crippen LogP contribution in [0.2, 0.25) is 0 Å². The Morgan fingerprint density at radius 1 is 0.950 bits per heavy atom. The number of aromatic nitrogens is 4. The van der Waals surface area contributed by atoms with E-state index in [2.05, 4.69) is 15.0 Å². The summed E-state index contributed by atoms with van der Waals surface area (Å²) < 4.78 is 47.1. The van der Waals surface area contributed by atoms with Gasteiger partial charge in [-0.15, -0.1) is 0 Å². The van der Waals surface area contributed by atoms with Crippen molar-refractivity contribution in [1.29, 1.82) is 0 Å². The molecule has 1 unspecified atom stereocenters. The van der Waals surface area contributed by atoms with Gasteiger partial charge in [-0.25, -0.2) is 0 Å². The Morgan fingerprint density at radius 2 is 1.73 bits per heavy atom. The minimum atomic E-state index is -4.50. The van der Waals surface area contributed by atoms with Crippen LogP contribution in [0.5, 0.6) is 0 Å². The second-order valence-corrected chi connectivity index (χ2v) is 9.43. The summed E-state index contributed by atoms with van der Waals surface area (Å²) in [5.41, 5.74) is 0.621. The molecule has 10 heteroatoms. The summed E-state index contributed by atoms with van der Waals surface area (Å²) in [5.74, 6) is 0.427. The summed E-state index contributed by atoms with van der Waals surface area (Å²) in [5, 5.41) is 12.2. The third-order valence-corrected chi connectivity index (χ3v) is 6.56. The number of hydrogen-bond acceptors (Lipinski definition) is 6. The van der Waals surface area contributed by atoms with Crippen molar-refractivity contribution in [2.45, 2.75) is 25.6 Å². The molecule has 0 aliphatic carbocycles. The standard InChI is InChI=1S/C30H21F3N4O3/c1-17(38)15-24-23-9-6-21(16-20(23)10-13-34-24)28-36-27(37-14-11-18-3-2-12-35-25(18)29(37)39)26(40-28)19-4-7-22(8-5-19)30(31,32)33/h2-14,16-17,38H,15H2,1H3. The average molecular weight is 543 g/mol. The minimum Gasteiger partial charge on any atom is -0.434 e. The molecular weight excluding hydrogens is 521 g/mol.